The van der Waals surface area contributed by atoms with Crippen LogP contribution in [0.4, 0.5) is 13.2 Å². The quantitative estimate of drug-likeness (QED) is 0.777. The van der Waals surface area contributed by atoms with E-state index in [0.29, 0.717) is 12.4 Å². The van der Waals surface area contributed by atoms with E-state index in [2.05, 4.69) is 20.8 Å². The van der Waals surface area contributed by atoms with E-state index in [-0.39, 0.29) is 6.54 Å². The number of halogens is 3. The van der Waals surface area contributed by atoms with E-state index >= 15 is 0 Å². The molecule has 1 N–H and O–H groups in total. The van der Waals surface area contributed by atoms with Crippen LogP contribution in [0.3, 0.4) is 0 Å². The zero-order valence-electron chi connectivity index (χ0n) is 7.54. The van der Waals surface area contributed by atoms with E-state index in [1.807, 2.05) is 0 Å². The largest absolute Gasteiger partial charge is 0.390 e. The lowest BCUT2D eigenvalue weighted by Crippen LogP contribution is -2.17. The van der Waals surface area contributed by atoms with Crippen LogP contribution in [0.5, 0.6) is 0 Å². The average molecular weight is 209 g/mol. The topological polar surface area (TPSA) is 55.6 Å². The summed E-state index contributed by atoms with van der Waals surface area (Å²) in [6.07, 6.45) is -5.10. The van der Waals surface area contributed by atoms with Gasteiger partial charge in [0.1, 0.15) is 0 Å². The first-order valence-electron chi connectivity index (χ1n) is 3.99. The molecule has 0 aliphatic rings. The van der Waals surface area contributed by atoms with Crippen molar-refractivity contribution in [1.82, 2.24) is 25.5 Å². The third-order valence-electron chi connectivity index (χ3n) is 1.55. The standard InChI is InChI=1S/C6H10F3N5/c1-10-4-5-11-12-13-14(5)3-2-6(7,8)9/h10H,2-4H2,1H3. The molecular formula is C6H10F3N5. The summed E-state index contributed by atoms with van der Waals surface area (Å²) in [7, 11) is 1.67. The Kier molecular flexibility index (Phi) is 3.39. The molecule has 1 aromatic rings. The smallest absolute Gasteiger partial charge is 0.313 e. The lowest BCUT2D eigenvalue weighted by atomic mass is 10.4. The van der Waals surface area contributed by atoms with Crippen LogP contribution >= 0.6 is 0 Å². The van der Waals surface area contributed by atoms with E-state index in [9.17, 15) is 13.2 Å². The summed E-state index contributed by atoms with van der Waals surface area (Å²) in [5, 5.41) is 13.1. The van der Waals surface area contributed by atoms with Gasteiger partial charge in [0.2, 0.25) is 0 Å². The number of aryl methyl sites for hydroxylation is 1. The normalized spacial score (nSPS) is 12.0. The van der Waals surface area contributed by atoms with Gasteiger partial charge in [-0.25, -0.2) is 4.68 Å². The summed E-state index contributed by atoms with van der Waals surface area (Å²) in [5.41, 5.74) is 0. The molecule has 0 spiro atoms. The number of tetrazole rings is 1. The van der Waals surface area contributed by atoms with Gasteiger partial charge in [-0.05, 0) is 17.5 Å². The highest BCUT2D eigenvalue weighted by Gasteiger charge is 2.27. The van der Waals surface area contributed by atoms with Crippen LogP contribution in [0.15, 0.2) is 0 Å². The van der Waals surface area contributed by atoms with Gasteiger partial charge in [0.15, 0.2) is 5.82 Å². The summed E-state index contributed by atoms with van der Waals surface area (Å²) >= 11 is 0. The maximum absolute atomic E-state index is 11.9. The molecule has 1 rings (SSSR count). The number of nitrogens with one attached hydrogen (secondary N) is 1. The van der Waals surface area contributed by atoms with Crippen molar-refractivity contribution >= 4 is 0 Å². The highest BCUT2D eigenvalue weighted by atomic mass is 19.4. The molecule has 0 aliphatic carbocycles. The molecule has 80 valence electrons. The van der Waals surface area contributed by atoms with Gasteiger partial charge in [-0.15, -0.1) is 5.10 Å². The number of nitrogens with zero attached hydrogens (tertiary/aromatic N) is 4. The molecule has 1 aromatic heterocycles. The zero-order chi connectivity index (χ0) is 10.6. The van der Waals surface area contributed by atoms with Crippen LogP contribution in [0, 0.1) is 0 Å². The van der Waals surface area contributed by atoms with Crippen molar-refractivity contribution in [2.75, 3.05) is 7.05 Å². The van der Waals surface area contributed by atoms with Crippen molar-refractivity contribution in [2.45, 2.75) is 25.7 Å². The molecule has 0 atom stereocenters. The van der Waals surface area contributed by atoms with Gasteiger partial charge in [0.25, 0.3) is 0 Å². The number of alkyl halides is 3. The first kappa shape index (κ1) is 10.9. The predicted molar refractivity (Wildman–Crippen MR) is 41.3 cm³/mol. The molecule has 0 bridgehead atoms. The van der Waals surface area contributed by atoms with Crippen molar-refractivity contribution in [2.24, 2.45) is 0 Å². The molecule has 0 unspecified atom stereocenters. The van der Waals surface area contributed by atoms with Crippen LogP contribution < -0.4 is 5.32 Å². The summed E-state index contributed by atoms with van der Waals surface area (Å²) in [6.45, 7) is 0.109. The Bertz CT molecular complexity index is 281. The second-order valence-electron chi connectivity index (χ2n) is 2.71. The Labute approximate surface area is 78.3 Å². The molecule has 0 radical (unpaired) electrons. The molecule has 0 saturated heterocycles. The minimum absolute atomic E-state index is 0.243. The molecule has 0 amide bonds. The molecule has 0 fully saturated rings. The number of rotatable bonds is 4. The van der Waals surface area contributed by atoms with Crippen LogP contribution in [0.1, 0.15) is 12.2 Å². The van der Waals surface area contributed by atoms with Crippen LogP contribution in [-0.2, 0) is 13.1 Å². The number of aromatic nitrogens is 4. The van der Waals surface area contributed by atoms with Crippen molar-refractivity contribution in [3.8, 4) is 0 Å². The van der Waals surface area contributed by atoms with Gasteiger partial charge < -0.3 is 5.32 Å². The summed E-state index contributed by atoms with van der Waals surface area (Å²) in [5.74, 6) is 0.400. The maximum atomic E-state index is 11.9. The monoisotopic (exact) mass is 209 g/mol. The van der Waals surface area contributed by atoms with Crippen LogP contribution in [0.2, 0.25) is 0 Å². The second-order valence-corrected chi connectivity index (χ2v) is 2.71. The second kappa shape index (κ2) is 4.36. The minimum atomic E-state index is -4.18. The Morgan fingerprint density at radius 3 is 2.71 bits per heavy atom. The third-order valence-corrected chi connectivity index (χ3v) is 1.55. The van der Waals surface area contributed by atoms with E-state index in [1.54, 1.807) is 7.05 Å². The van der Waals surface area contributed by atoms with E-state index in [4.69, 9.17) is 0 Å². The Morgan fingerprint density at radius 1 is 1.43 bits per heavy atom. The molecule has 5 nitrogen and oxygen atoms in total. The van der Waals surface area contributed by atoms with Crippen molar-refractivity contribution in [3.63, 3.8) is 0 Å². The van der Waals surface area contributed by atoms with E-state index in [0.717, 1.165) is 4.68 Å². The molecule has 1 heterocycles. The molecule has 14 heavy (non-hydrogen) atoms. The van der Waals surface area contributed by atoms with Gasteiger partial charge in [-0.3, -0.25) is 0 Å². The van der Waals surface area contributed by atoms with Crippen molar-refractivity contribution in [3.05, 3.63) is 5.82 Å². The Balaban J connectivity index is 2.53. The highest BCUT2D eigenvalue weighted by molar-refractivity contribution is 4.79. The molecular weight excluding hydrogens is 199 g/mol. The highest BCUT2D eigenvalue weighted by Crippen LogP contribution is 2.19. The van der Waals surface area contributed by atoms with Crippen LogP contribution in [-0.4, -0.2) is 33.4 Å². The Morgan fingerprint density at radius 2 is 2.14 bits per heavy atom. The first-order valence-corrected chi connectivity index (χ1v) is 3.99. The molecule has 0 saturated carbocycles. The molecule has 0 aliphatic heterocycles. The summed E-state index contributed by atoms with van der Waals surface area (Å²) in [6, 6.07) is 0. The minimum Gasteiger partial charge on any atom is -0.313 e. The SMILES string of the molecule is CNCc1nnnn1CCC(F)(F)F. The van der Waals surface area contributed by atoms with Crippen LogP contribution in [0.25, 0.3) is 0 Å². The number of hydrogen-bond donors (Lipinski definition) is 1. The summed E-state index contributed by atoms with van der Waals surface area (Å²) < 4.78 is 36.7. The predicted octanol–water partition coefficient (Wildman–Crippen LogP) is 0.345. The maximum Gasteiger partial charge on any atom is 0.390 e. The fraction of sp³-hybridized carbons (Fsp3) is 0.833. The summed E-state index contributed by atoms with van der Waals surface area (Å²) in [4.78, 5) is 0. The number of hydrogen-bond acceptors (Lipinski definition) is 4. The fourth-order valence-electron chi connectivity index (χ4n) is 0.914. The van der Waals surface area contributed by atoms with E-state index < -0.39 is 12.6 Å². The van der Waals surface area contributed by atoms with Gasteiger partial charge in [0.05, 0.1) is 19.5 Å². The van der Waals surface area contributed by atoms with Gasteiger partial charge in [-0.2, -0.15) is 13.2 Å². The fourth-order valence-corrected chi connectivity index (χ4v) is 0.914. The van der Waals surface area contributed by atoms with Gasteiger partial charge in [0, 0.05) is 0 Å². The lowest BCUT2D eigenvalue weighted by Gasteiger charge is -2.06. The van der Waals surface area contributed by atoms with E-state index in [1.165, 1.54) is 0 Å². The lowest BCUT2D eigenvalue weighted by molar-refractivity contribution is -0.137. The average Bonchev–Trinajstić information content (AvgIpc) is 2.48. The van der Waals surface area contributed by atoms with Gasteiger partial charge >= 0.3 is 6.18 Å². The Hall–Kier alpha value is -1.18. The molecule has 8 heteroatoms. The zero-order valence-corrected chi connectivity index (χ0v) is 7.54. The first-order chi connectivity index (χ1) is 6.53. The van der Waals surface area contributed by atoms with Gasteiger partial charge in [-0.1, -0.05) is 0 Å². The molecule has 0 aromatic carbocycles. The third kappa shape index (κ3) is 3.29. The van der Waals surface area contributed by atoms with Crippen molar-refractivity contribution < 1.29 is 13.2 Å². The van der Waals surface area contributed by atoms with Crippen molar-refractivity contribution in [1.29, 1.82) is 0 Å².